The smallest absolute Gasteiger partial charge is 0.220 e. The third kappa shape index (κ3) is 19.5. The summed E-state index contributed by atoms with van der Waals surface area (Å²) in [4.78, 5) is 28.3. The standard InChI is InChI=1S/C55H75Cl2N5O14S4/c1-54(2)46-40-44(79(71,72)73)25-27-48(46)61(34-14-38-77(65,66)67)50(54)17-7-4-8-18-51-55(3,47-41-45(80(74,75)76)26-28-49(47)62(51)35-15-39-78(68,69)70)29-10-5-9-19-52(63)58-32-11-6-12-33-59-53(64)20-13-16-42-21-23-43(24-22-42)60(36-30-56)37-31-57/h4,7-8,17-18,21-28,40-41H,5-6,9-16,19-20,29-39H2,1-3H3,(H5-,58,59,63,64,65,66,67,68,69,70,71,72,73,74,75,76)/p-3. The third-order valence-electron chi connectivity index (χ3n) is 14.4. The van der Waals surface area contributed by atoms with E-state index < -0.39 is 72.6 Å². The number of carbonyl (C=O) groups is 2. The van der Waals surface area contributed by atoms with Gasteiger partial charge in [-0.2, -0.15) is 4.58 Å². The Morgan fingerprint density at radius 1 is 0.650 bits per heavy atom. The normalized spacial score (nSPS) is 17.0. The number of rotatable bonds is 34. The van der Waals surface area contributed by atoms with E-state index in [1.54, 1.807) is 53.7 Å². The van der Waals surface area contributed by atoms with Gasteiger partial charge in [0.15, 0.2) is 5.71 Å². The molecular formula is C55H72Cl2N5O14S4-3. The summed E-state index contributed by atoms with van der Waals surface area (Å²) in [6, 6.07) is 16.1. The Hall–Kier alpha value is -4.69. The molecule has 5 rings (SSSR count). The summed E-state index contributed by atoms with van der Waals surface area (Å²) in [6.07, 6.45) is 15.0. The Balaban J connectivity index is 1.19. The van der Waals surface area contributed by atoms with Crippen LogP contribution >= 0.6 is 23.2 Å². The predicted molar refractivity (Wildman–Crippen MR) is 307 cm³/mol. The SMILES string of the molecule is CC1(C)C(/C=C/C=C/C=C2\N(CCCS(=O)(=O)[O-])c3ccc(S(=O)(=O)[O-])cc3C2(C)CCCCCC(=O)NCCCCCNC(=O)CCCc2ccc(N(CCCl)CCCl)cc2)=[N+](CCCS(=O)(=O)[O-])c2ccc(S(=O)(=O)[O-])cc21. The van der Waals surface area contributed by atoms with E-state index in [-0.39, 0.29) is 44.2 Å². The number of halogens is 2. The van der Waals surface area contributed by atoms with Crippen LogP contribution in [0.1, 0.15) is 115 Å². The maximum atomic E-state index is 12.8. The number of hydrogen-bond acceptors (Lipinski definition) is 16. The number of aryl methyl sites for hydroxylation is 1. The van der Waals surface area contributed by atoms with Crippen LogP contribution in [-0.2, 0) is 67.3 Å². The van der Waals surface area contributed by atoms with Gasteiger partial charge in [0.1, 0.15) is 26.8 Å². The minimum atomic E-state index is -4.90. The van der Waals surface area contributed by atoms with Crippen LogP contribution in [-0.4, -0.2) is 137 Å². The minimum absolute atomic E-state index is 0.00199. The molecule has 0 aliphatic carbocycles. The minimum Gasteiger partial charge on any atom is -0.748 e. The first-order chi connectivity index (χ1) is 37.6. The lowest BCUT2D eigenvalue weighted by molar-refractivity contribution is -0.437. The lowest BCUT2D eigenvalue weighted by Crippen LogP contribution is -2.30. The quantitative estimate of drug-likeness (QED) is 0.0197. The van der Waals surface area contributed by atoms with Crippen molar-refractivity contribution in [2.45, 2.75) is 125 Å². The number of unbranched alkanes of at least 4 members (excludes halogenated alkanes) is 4. The van der Waals surface area contributed by atoms with Gasteiger partial charge in [0.05, 0.1) is 35.4 Å². The van der Waals surface area contributed by atoms with Crippen LogP contribution in [0.4, 0.5) is 17.1 Å². The van der Waals surface area contributed by atoms with Crippen molar-refractivity contribution in [3.05, 3.63) is 113 Å². The molecular weight excluding hydrogens is 1150 g/mol. The topological polar surface area (TPSA) is 296 Å². The molecule has 442 valence electrons. The zero-order valence-corrected chi connectivity index (χ0v) is 50.1. The van der Waals surface area contributed by atoms with Gasteiger partial charge in [-0.05, 0) is 132 Å². The molecule has 2 aliphatic rings. The van der Waals surface area contributed by atoms with E-state index in [2.05, 4.69) is 27.7 Å². The maximum absolute atomic E-state index is 12.8. The van der Waals surface area contributed by atoms with Crippen molar-refractivity contribution in [3.8, 4) is 0 Å². The monoisotopic (exact) mass is 1220 g/mol. The molecule has 19 nitrogen and oxygen atoms in total. The van der Waals surface area contributed by atoms with Gasteiger partial charge in [-0.1, -0.05) is 43.2 Å². The van der Waals surface area contributed by atoms with E-state index in [4.69, 9.17) is 23.2 Å². The molecule has 0 spiro atoms. The van der Waals surface area contributed by atoms with Crippen LogP contribution in [0.5, 0.6) is 0 Å². The van der Waals surface area contributed by atoms with Gasteiger partial charge in [-0.3, -0.25) is 9.59 Å². The van der Waals surface area contributed by atoms with Gasteiger partial charge in [0.2, 0.25) is 17.5 Å². The lowest BCUT2D eigenvalue weighted by Gasteiger charge is -2.31. The zero-order valence-electron chi connectivity index (χ0n) is 45.4. The van der Waals surface area contributed by atoms with Crippen LogP contribution in [0.25, 0.3) is 0 Å². The molecule has 3 aromatic rings. The zero-order chi connectivity index (χ0) is 58.9. The average Bonchev–Trinajstić information content (AvgIpc) is 3.98. The predicted octanol–water partition coefficient (Wildman–Crippen LogP) is 7.18. The van der Waals surface area contributed by atoms with Crippen molar-refractivity contribution in [1.82, 2.24) is 10.6 Å². The van der Waals surface area contributed by atoms with Crippen LogP contribution in [0.2, 0.25) is 0 Å². The molecule has 1 atom stereocenters. The van der Waals surface area contributed by atoms with Crippen molar-refractivity contribution in [2.24, 2.45) is 0 Å². The fraction of sp³-hybridized carbons (Fsp3) is 0.509. The molecule has 0 aromatic heterocycles. The first-order valence-corrected chi connectivity index (χ1v) is 33.7. The highest BCUT2D eigenvalue weighted by molar-refractivity contribution is 7.86. The lowest BCUT2D eigenvalue weighted by atomic mass is 9.77. The second kappa shape index (κ2) is 29.5. The van der Waals surface area contributed by atoms with E-state index in [1.165, 1.54) is 36.4 Å². The number of allylic oxidation sites excluding steroid dienone is 6. The van der Waals surface area contributed by atoms with Crippen molar-refractivity contribution in [1.29, 1.82) is 0 Å². The van der Waals surface area contributed by atoms with Crippen molar-refractivity contribution in [3.63, 3.8) is 0 Å². The molecule has 2 heterocycles. The van der Waals surface area contributed by atoms with E-state index in [0.29, 0.717) is 104 Å². The van der Waals surface area contributed by atoms with E-state index in [9.17, 15) is 61.5 Å². The Labute approximate surface area is 482 Å². The van der Waals surface area contributed by atoms with E-state index in [0.717, 1.165) is 43.4 Å². The molecule has 0 fully saturated rings. The summed E-state index contributed by atoms with van der Waals surface area (Å²) >= 11 is 11.9. The fourth-order valence-electron chi connectivity index (χ4n) is 10.3. The van der Waals surface area contributed by atoms with Gasteiger partial charge in [-0.15, -0.1) is 23.2 Å². The number of benzene rings is 3. The van der Waals surface area contributed by atoms with Crippen LogP contribution in [0.3, 0.4) is 0 Å². The highest BCUT2D eigenvalue weighted by Crippen LogP contribution is 2.51. The molecule has 1 unspecified atom stereocenters. The molecule has 80 heavy (non-hydrogen) atoms. The Morgan fingerprint density at radius 2 is 1.21 bits per heavy atom. The average molecular weight is 1230 g/mol. The van der Waals surface area contributed by atoms with Crippen LogP contribution < -0.4 is 20.4 Å². The van der Waals surface area contributed by atoms with E-state index in [1.807, 2.05) is 19.1 Å². The second-order valence-electron chi connectivity index (χ2n) is 20.6. The molecule has 0 saturated carbocycles. The highest BCUT2D eigenvalue weighted by Gasteiger charge is 2.45. The van der Waals surface area contributed by atoms with Crippen LogP contribution in [0.15, 0.2) is 107 Å². The van der Waals surface area contributed by atoms with Gasteiger partial charge in [0, 0.05) is 115 Å². The van der Waals surface area contributed by atoms with Gasteiger partial charge in [-0.25, -0.2) is 33.7 Å². The maximum Gasteiger partial charge on any atom is 0.220 e. The Kier molecular flexibility index (Phi) is 24.4. The second-order valence-corrected chi connectivity index (χ2v) is 27.2. The molecule has 0 radical (unpaired) electrons. The highest BCUT2D eigenvalue weighted by atomic mass is 35.5. The number of amides is 2. The summed E-state index contributed by atoms with van der Waals surface area (Å²) in [5.74, 6) is -0.416. The number of nitrogens with one attached hydrogen (secondary N) is 2. The number of fused-ring (bicyclic) bond motifs is 2. The summed E-state index contributed by atoms with van der Waals surface area (Å²) < 4.78 is 144. The first-order valence-electron chi connectivity index (χ1n) is 26.6. The summed E-state index contributed by atoms with van der Waals surface area (Å²) in [6.45, 7) is 8.03. The number of hydrogen-bond donors (Lipinski definition) is 2. The fourth-order valence-corrected chi connectivity index (χ4v) is 12.7. The van der Waals surface area contributed by atoms with Gasteiger partial charge >= 0.3 is 0 Å². The Morgan fingerprint density at radius 3 is 1.80 bits per heavy atom. The van der Waals surface area contributed by atoms with Crippen molar-refractivity contribution in [2.75, 3.05) is 72.3 Å². The van der Waals surface area contributed by atoms with Gasteiger partial charge in [0.25, 0.3) is 0 Å². The summed E-state index contributed by atoms with van der Waals surface area (Å²) in [5.41, 5.74) is 3.57. The molecule has 3 aromatic carbocycles. The molecule has 0 saturated heterocycles. The first kappa shape index (κ1) is 66.1. The largest absolute Gasteiger partial charge is 0.748 e. The third-order valence-corrected chi connectivity index (χ3v) is 18.0. The molecule has 2 aliphatic heterocycles. The molecule has 0 bridgehead atoms. The number of nitrogens with zero attached hydrogens (tertiary/aromatic N) is 3. The number of anilines is 2. The number of alkyl halides is 2. The molecule has 2 N–H and O–H groups in total. The Bertz CT molecular complexity index is 3240. The van der Waals surface area contributed by atoms with Crippen molar-refractivity contribution >= 4 is 98.3 Å². The van der Waals surface area contributed by atoms with Crippen molar-refractivity contribution < 1.29 is 66.0 Å². The summed E-state index contributed by atoms with van der Waals surface area (Å²) in [7, 11) is -18.9. The van der Waals surface area contributed by atoms with Crippen LogP contribution in [0, 0.1) is 0 Å². The molecule has 25 heteroatoms. The van der Waals surface area contributed by atoms with E-state index >= 15 is 0 Å². The number of carbonyl (C=O) groups excluding carboxylic acids is 2. The van der Waals surface area contributed by atoms with Gasteiger partial charge < -0.3 is 38.6 Å². The molecule has 2 amide bonds. The summed E-state index contributed by atoms with van der Waals surface area (Å²) in [5, 5.41) is 5.93.